The molecule has 1 aliphatic heterocycles. The van der Waals surface area contributed by atoms with E-state index in [1.807, 2.05) is 18.0 Å². The Morgan fingerprint density at radius 2 is 1.74 bits per heavy atom. The molecule has 0 bridgehead atoms. The fourth-order valence-corrected chi connectivity index (χ4v) is 5.24. The van der Waals surface area contributed by atoms with Crippen LogP contribution in [0.2, 0.25) is 5.02 Å². The minimum atomic E-state index is -4.66. The van der Waals surface area contributed by atoms with Crippen molar-refractivity contribution < 1.29 is 21.6 Å². The van der Waals surface area contributed by atoms with Crippen molar-refractivity contribution in [1.29, 1.82) is 0 Å². The number of alkyl halides is 3. The van der Waals surface area contributed by atoms with Crippen LogP contribution in [0.5, 0.6) is 0 Å². The first-order chi connectivity index (χ1) is 12.6. The molecule has 1 heterocycles. The molecule has 0 N–H and O–H groups in total. The normalized spacial score (nSPS) is 20.0. The zero-order valence-corrected chi connectivity index (χ0v) is 16.0. The standard InChI is InChI=1S/C18H18ClF3N2O2S/c1-23-9-10-24(16(12-23)13-5-3-2-4-6-13)27(25,26)17-11-14(18(20,21)22)7-8-15(17)19/h2-8,11,16H,9-10,12H2,1H3/t16-/m1/s1. The average Bonchev–Trinajstić information content (AvgIpc) is 2.61. The molecule has 1 saturated heterocycles. The zero-order valence-electron chi connectivity index (χ0n) is 14.4. The molecular weight excluding hydrogens is 401 g/mol. The largest absolute Gasteiger partial charge is 0.416 e. The molecule has 0 saturated carbocycles. The van der Waals surface area contributed by atoms with Crippen molar-refractivity contribution in [2.24, 2.45) is 0 Å². The highest BCUT2D eigenvalue weighted by Crippen LogP contribution is 2.37. The number of likely N-dealkylation sites (N-methyl/N-ethyl adjacent to an activating group) is 1. The van der Waals surface area contributed by atoms with Gasteiger partial charge in [-0.05, 0) is 30.8 Å². The summed E-state index contributed by atoms with van der Waals surface area (Å²) in [6.07, 6.45) is -4.66. The van der Waals surface area contributed by atoms with Gasteiger partial charge in [-0.25, -0.2) is 8.42 Å². The highest BCUT2D eigenvalue weighted by atomic mass is 35.5. The quantitative estimate of drug-likeness (QED) is 0.755. The summed E-state index contributed by atoms with van der Waals surface area (Å²) in [6.45, 7) is 1.06. The van der Waals surface area contributed by atoms with Crippen molar-refractivity contribution in [3.05, 3.63) is 64.7 Å². The number of piperazine rings is 1. The van der Waals surface area contributed by atoms with Gasteiger partial charge in [-0.1, -0.05) is 41.9 Å². The number of hydrogen-bond donors (Lipinski definition) is 0. The smallest absolute Gasteiger partial charge is 0.303 e. The van der Waals surface area contributed by atoms with Gasteiger partial charge in [-0.2, -0.15) is 17.5 Å². The molecule has 0 radical (unpaired) electrons. The molecule has 1 atom stereocenters. The SMILES string of the molecule is CN1CCN(S(=O)(=O)c2cc(C(F)(F)F)ccc2Cl)[C@@H](c2ccccc2)C1. The van der Waals surface area contributed by atoms with E-state index in [0.717, 1.165) is 17.7 Å². The van der Waals surface area contributed by atoms with E-state index < -0.39 is 32.7 Å². The van der Waals surface area contributed by atoms with Crippen LogP contribution in [0.25, 0.3) is 0 Å². The second kappa shape index (κ2) is 7.43. The third kappa shape index (κ3) is 4.13. The lowest BCUT2D eigenvalue weighted by atomic mass is 10.1. The minimum absolute atomic E-state index is 0.158. The Balaban J connectivity index is 2.07. The predicted octanol–water partition coefficient (Wildman–Crippen LogP) is 4.04. The van der Waals surface area contributed by atoms with Crippen molar-refractivity contribution in [1.82, 2.24) is 9.21 Å². The van der Waals surface area contributed by atoms with Crippen LogP contribution in [0.4, 0.5) is 13.2 Å². The predicted molar refractivity (Wildman–Crippen MR) is 97.0 cm³/mol. The molecule has 4 nitrogen and oxygen atoms in total. The van der Waals surface area contributed by atoms with Gasteiger partial charge in [0.15, 0.2) is 0 Å². The molecule has 146 valence electrons. The number of benzene rings is 2. The summed E-state index contributed by atoms with van der Waals surface area (Å²) < 4.78 is 66.9. The Morgan fingerprint density at radius 3 is 2.37 bits per heavy atom. The number of nitrogens with zero attached hydrogens (tertiary/aromatic N) is 2. The highest BCUT2D eigenvalue weighted by molar-refractivity contribution is 7.89. The van der Waals surface area contributed by atoms with Gasteiger partial charge < -0.3 is 4.90 Å². The van der Waals surface area contributed by atoms with Crippen LogP contribution < -0.4 is 0 Å². The molecule has 0 aliphatic carbocycles. The number of halogens is 4. The minimum Gasteiger partial charge on any atom is -0.303 e. The van der Waals surface area contributed by atoms with Gasteiger partial charge >= 0.3 is 6.18 Å². The molecule has 2 aromatic carbocycles. The summed E-state index contributed by atoms with van der Waals surface area (Å²) in [4.78, 5) is 1.46. The van der Waals surface area contributed by atoms with E-state index in [1.54, 1.807) is 24.3 Å². The summed E-state index contributed by atoms with van der Waals surface area (Å²) in [5.41, 5.74) is -0.272. The van der Waals surface area contributed by atoms with E-state index >= 15 is 0 Å². The summed E-state index contributed by atoms with van der Waals surface area (Å²) in [7, 11) is -2.35. The molecule has 2 aromatic rings. The average molecular weight is 419 g/mol. The maximum atomic E-state index is 13.2. The molecule has 0 aromatic heterocycles. The van der Waals surface area contributed by atoms with E-state index in [4.69, 9.17) is 11.6 Å². The molecule has 0 spiro atoms. The Morgan fingerprint density at radius 1 is 1.07 bits per heavy atom. The second-order valence-electron chi connectivity index (χ2n) is 6.45. The number of hydrogen-bond acceptors (Lipinski definition) is 3. The van der Waals surface area contributed by atoms with Gasteiger partial charge in [0, 0.05) is 19.6 Å². The van der Waals surface area contributed by atoms with E-state index in [1.165, 1.54) is 4.31 Å². The Labute approximate surface area is 161 Å². The Hall–Kier alpha value is -1.61. The van der Waals surface area contributed by atoms with Crippen molar-refractivity contribution in [2.75, 3.05) is 26.7 Å². The van der Waals surface area contributed by atoms with Crippen LogP contribution in [0.15, 0.2) is 53.4 Å². The van der Waals surface area contributed by atoms with E-state index in [0.29, 0.717) is 19.2 Å². The topological polar surface area (TPSA) is 40.6 Å². The van der Waals surface area contributed by atoms with Gasteiger partial charge in [0.25, 0.3) is 0 Å². The van der Waals surface area contributed by atoms with Crippen molar-refractivity contribution in [3.63, 3.8) is 0 Å². The van der Waals surface area contributed by atoms with Crippen LogP contribution >= 0.6 is 11.6 Å². The fraction of sp³-hybridized carbons (Fsp3) is 0.333. The molecule has 0 amide bonds. The van der Waals surface area contributed by atoms with Crippen LogP contribution in [-0.2, 0) is 16.2 Å². The van der Waals surface area contributed by atoms with Crippen LogP contribution in [0.3, 0.4) is 0 Å². The van der Waals surface area contributed by atoms with E-state index in [-0.39, 0.29) is 11.6 Å². The first kappa shape index (κ1) is 20.1. The van der Waals surface area contributed by atoms with Gasteiger partial charge in [0.2, 0.25) is 10.0 Å². The summed E-state index contributed by atoms with van der Waals surface area (Å²) in [5.74, 6) is 0. The Kier molecular flexibility index (Phi) is 5.54. The molecule has 0 unspecified atom stereocenters. The summed E-state index contributed by atoms with van der Waals surface area (Å²) >= 11 is 5.99. The molecule has 27 heavy (non-hydrogen) atoms. The number of sulfonamides is 1. The van der Waals surface area contributed by atoms with Crippen molar-refractivity contribution >= 4 is 21.6 Å². The lowest BCUT2D eigenvalue weighted by Gasteiger charge is -2.39. The first-order valence-corrected chi connectivity index (χ1v) is 10.0. The fourth-order valence-electron chi connectivity index (χ4n) is 3.14. The second-order valence-corrected chi connectivity index (χ2v) is 8.71. The Bertz CT molecular complexity index is 920. The van der Waals surface area contributed by atoms with Gasteiger partial charge in [0.05, 0.1) is 16.6 Å². The third-order valence-electron chi connectivity index (χ3n) is 4.56. The van der Waals surface area contributed by atoms with Crippen molar-refractivity contribution in [3.8, 4) is 0 Å². The lowest BCUT2D eigenvalue weighted by Crippen LogP contribution is -2.49. The lowest BCUT2D eigenvalue weighted by molar-refractivity contribution is -0.137. The third-order valence-corrected chi connectivity index (χ3v) is 6.95. The maximum absolute atomic E-state index is 13.2. The zero-order chi connectivity index (χ0) is 19.8. The highest BCUT2D eigenvalue weighted by Gasteiger charge is 2.39. The number of rotatable bonds is 3. The molecular formula is C18H18ClF3N2O2S. The van der Waals surface area contributed by atoms with E-state index in [9.17, 15) is 21.6 Å². The van der Waals surface area contributed by atoms with Gasteiger partial charge in [-0.15, -0.1) is 0 Å². The molecule has 9 heteroatoms. The monoisotopic (exact) mass is 418 g/mol. The summed E-state index contributed by atoms with van der Waals surface area (Å²) in [6, 6.07) is 10.9. The van der Waals surface area contributed by atoms with Gasteiger partial charge in [0.1, 0.15) is 4.90 Å². The first-order valence-electron chi connectivity index (χ1n) is 8.23. The molecule has 1 aliphatic rings. The maximum Gasteiger partial charge on any atom is 0.416 e. The van der Waals surface area contributed by atoms with Gasteiger partial charge in [-0.3, -0.25) is 0 Å². The van der Waals surface area contributed by atoms with E-state index in [2.05, 4.69) is 0 Å². The van der Waals surface area contributed by atoms with Crippen LogP contribution in [0, 0.1) is 0 Å². The van der Waals surface area contributed by atoms with Crippen molar-refractivity contribution in [2.45, 2.75) is 17.1 Å². The molecule has 1 fully saturated rings. The summed E-state index contributed by atoms with van der Waals surface area (Å²) in [5, 5.41) is -0.228. The van der Waals surface area contributed by atoms with Crippen LogP contribution in [-0.4, -0.2) is 44.3 Å². The molecule has 3 rings (SSSR count). The van der Waals surface area contributed by atoms with Crippen LogP contribution in [0.1, 0.15) is 17.2 Å².